The first-order valence-electron chi connectivity index (χ1n) is 7.45. The molecule has 0 radical (unpaired) electrons. The molecule has 20 heavy (non-hydrogen) atoms. The monoisotopic (exact) mass is 295 g/mol. The average Bonchev–Trinajstić information content (AvgIpc) is 3.35. The Balaban J connectivity index is 1.64. The number of hydrogen-bond acceptors (Lipinski definition) is 5. The first-order valence-corrected chi connectivity index (χ1v) is 8.43. The van der Waals surface area contributed by atoms with Gasteiger partial charge in [-0.2, -0.15) is 0 Å². The Morgan fingerprint density at radius 3 is 2.75 bits per heavy atom. The maximum absolute atomic E-state index is 11.6. The van der Waals surface area contributed by atoms with Gasteiger partial charge in [0.25, 0.3) is 0 Å². The van der Waals surface area contributed by atoms with E-state index in [1.54, 1.807) is 11.8 Å². The SMILES string of the molecule is CCOC(=O)C(C)CSc1nnc(C2CC2)n1C1CC1. The molecule has 2 saturated carbocycles. The van der Waals surface area contributed by atoms with E-state index in [2.05, 4.69) is 14.8 Å². The van der Waals surface area contributed by atoms with Crippen LogP contribution in [0.25, 0.3) is 0 Å². The maximum atomic E-state index is 11.6. The second-order valence-electron chi connectivity index (χ2n) is 5.68. The first kappa shape index (κ1) is 13.9. The lowest BCUT2D eigenvalue weighted by Crippen LogP contribution is -2.17. The lowest BCUT2D eigenvalue weighted by atomic mass is 10.2. The molecule has 0 N–H and O–H groups in total. The Labute approximate surface area is 123 Å². The van der Waals surface area contributed by atoms with Crippen LogP contribution >= 0.6 is 11.8 Å². The van der Waals surface area contributed by atoms with E-state index in [9.17, 15) is 4.79 Å². The van der Waals surface area contributed by atoms with Gasteiger partial charge in [-0.05, 0) is 32.6 Å². The van der Waals surface area contributed by atoms with E-state index in [-0.39, 0.29) is 11.9 Å². The Hall–Kier alpha value is -1.04. The number of aromatic nitrogens is 3. The predicted octanol–water partition coefficient (Wildman–Crippen LogP) is 2.78. The quantitative estimate of drug-likeness (QED) is 0.572. The van der Waals surface area contributed by atoms with Gasteiger partial charge in [-0.1, -0.05) is 18.7 Å². The first-order chi connectivity index (χ1) is 9.70. The lowest BCUT2D eigenvalue weighted by Gasteiger charge is -2.11. The van der Waals surface area contributed by atoms with Gasteiger partial charge in [0, 0.05) is 17.7 Å². The highest BCUT2D eigenvalue weighted by Crippen LogP contribution is 2.46. The molecule has 1 unspecified atom stereocenters. The zero-order valence-electron chi connectivity index (χ0n) is 12.0. The Morgan fingerprint density at radius 1 is 1.40 bits per heavy atom. The van der Waals surface area contributed by atoms with Crippen molar-refractivity contribution in [1.29, 1.82) is 0 Å². The fourth-order valence-electron chi connectivity index (χ4n) is 2.23. The Morgan fingerprint density at radius 2 is 2.15 bits per heavy atom. The summed E-state index contributed by atoms with van der Waals surface area (Å²) in [6.07, 6.45) is 4.96. The van der Waals surface area contributed by atoms with Crippen LogP contribution in [0.4, 0.5) is 0 Å². The summed E-state index contributed by atoms with van der Waals surface area (Å²) in [6, 6.07) is 0.598. The van der Waals surface area contributed by atoms with E-state index in [1.165, 1.54) is 31.5 Å². The average molecular weight is 295 g/mol. The van der Waals surface area contributed by atoms with Crippen LogP contribution in [0.1, 0.15) is 57.3 Å². The zero-order valence-corrected chi connectivity index (χ0v) is 12.9. The van der Waals surface area contributed by atoms with Gasteiger partial charge < -0.3 is 9.30 Å². The minimum Gasteiger partial charge on any atom is -0.466 e. The molecule has 0 amide bonds. The number of nitrogens with zero attached hydrogens (tertiary/aromatic N) is 3. The number of thioether (sulfide) groups is 1. The number of carbonyl (C=O) groups excluding carboxylic acids is 1. The van der Waals surface area contributed by atoms with Crippen molar-refractivity contribution in [3.63, 3.8) is 0 Å². The highest BCUT2D eigenvalue weighted by molar-refractivity contribution is 7.99. The number of esters is 1. The standard InChI is InChI=1S/C14H21N3O2S/c1-3-19-13(18)9(2)8-20-14-16-15-12(10-4-5-10)17(14)11-6-7-11/h9-11H,3-8H2,1-2H3. The summed E-state index contributed by atoms with van der Waals surface area (Å²) in [5.41, 5.74) is 0. The third kappa shape index (κ3) is 3.00. The fraction of sp³-hybridized carbons (Fsp3) is 0.786. The molecule has 0 saturated heterocycles. The summed E-state index contributed by atoms with van der Waals surface area (Å²) in [6.45, 7) is 4.19. The second kappa shape index (κ2) is 5.76. The summed E-state index contributed by atoms with van der Waals surface area (Å²) >= 11 is 1.63. The molecule has 1 atom stereocenters. The minimum absolute atomic E-state index is 0.103. The van der Waals surface area contributed by atoms with Gasteiger partial charge in [0.1, 0.15) is 5.82 Å². The summed E-state index contributed by atoms with van der Waals surface area (Å²) in [4.78, 5) is 11.6. The summed E-state index contributed by atoms with van der Waals surface area (Å²) in [5, 5.41) is 9.69. The molecular formula is C14H21N3O2S. The molecular weight excluding hydrogens is 274 g/mol. The van der Waals surface area contributed by atoms with Crippen molar-refractivity contribution >= 4 is 17.7 Å². The fourth-order valence-corrected chi connectivity index (χ4v) is 3.25. The molecule has 1 aromatic heterocycles. The molecule has 0 aliphatic heterocycles. The molecule has 2 aliphatic carbocycles. The smallest absolute Gasteiger partial charge is 0.309 e. The molecule has 2 fully saturated rings. The van der Waals surface area contributed by atoms with Crippen molar-refractivity contribution in [2.45, 2.75) is 56.6 Å². The third-order valence-electron chi connectivity index (χ3n) is 3.70. The normalized spacial score (nSPS) is 19.9. The van der Waals surface area contributed by atoms with Crippen LogP contribution in [0, 0.1) is 5.92 Å². The van der Waals surface area contributed by atoms with Crippen LogP contribution < -0.4 is 0 Å². The van der Waals surface area contributed by atoms with Gasteiger partial charge in [0.05, 0.1) is 12.5 Å². The predicted molar refractivity (Wildman–Crippen MR) is 76.8 cm³/mol. The number of ether oxygens (including phenoxy) is 1. The van der Waals surface area contributed by atoms with Crippen molar-refractivity contribution < 1.29 is 9.53 Å². The summed E-state index contributed by atoms with van der Waals surface area (Å²) in [5.74, 6) is 2.27. The van der Waals surface area contributed by atoms with E-state index in [4.69, 9.17) is 4.74 Å². The molecule has 2 aliphatic rings. The van der Waals surface area contributed by atoms with E-state index >= 15 is 0 Å². The summed E-state index contributed by atoms with van der Waals surface area (Å²) in [7, 11) is 0. The Bertz CT molecular complexity index is 495. The van der Waals surface area contributed by atoms with Gasteiger partial charge >= 0.3 is 5.97 Å². The van der Waals surface area contributed by atoms with Crippen molar-refractivity contribution in [3.8, 4) is 0 Å². The molecule has 0 spiro atoms. The van der Waals surface area contributed by atoms with Gasteiger partial charge in [0.15, 0.2) is 5.16 Å². The van der Waals surface area contributed by atoms with Gasteiger partial charge in [-0.3, -0.25) is 4.79 Å². The summed E-state index contributed by atoms with van der Waals surface area (Å²) < 4.78 is 7.36. The van der Waals surface area contributed by atoms with Crippen LogP contribution in [-0.2, 0) is 9.53 Å². The Kier molecular flexibility index (Phi) is 4.01. The van der Waals surface area contributed by atoms with E-state index < -0.39 is 0 Å². The molecule has 0 aromatic carbocycles. The van der Waals surface area contributed by atoms with Crippen LogP contribution in [0.5, 0.6) is 0 Å². The number of carbonyl (C=O) groups is 1. The molecule has 6 heteroatoms. The highest BCUT2D eigenvalue weighted by atomic mass is 32.2. The number of hydrogen-bond donors (Lipinski definition) is 0. The van der Waals surface area contributed by atoms with Gasteiger partial charge in [-0.15, -0.1) is 10.2 Å². The molecule has 1 aromatic rings. The van der Waals surface area contributed by atoms with Crippen molar-refractivity contribution in [2.24, 2.45) is 5.92 Å². The second-order valence-corrected chi connectivity index (χ2v) is 6.67. The molecule has 3 rings (SSSR count). The van der Waals surface area contributed by atoms with E-state index in [0.717, 1.165) is 5.16 Å². The van der Waals surface area contributed by atoms with Crippen LogP contribution in [-0.4, -0.2) is 33.1 Å². The topological polar surface area (TPSA) is 57.0 Å². The van der Waals surface area contributed by atoms with Crippen molar-refractivity contribution in [3.05, 3.63) is 5.82 Å². The van der Waals surface area contributed by atoms with Crippen LogP contribution in [0.3, 0.4) is 0 Å². The van der Waals surface area contributed by atoms with Crippen molar-refractivity contribution in [2.75, 3.05) is 12.4 Å². The van der Waals surface area contributed by atoms with Crippen LogP contribution in [0.2, 0.25) is 0 Å². The van der Waals surface area contributed by atoms with Gasteiger partial charge in [0.2, 0.25) is 0 Å². The molecule has 5 nitrogen and oxygen atoms in total. The third-order valence-corrected chi connectivity index (χ3v) is 4.90. The molecule has 110 valence electrons. The van der Waals surface area contributed by atoms with E-state index in [0.29, 0.717) is 24.3 Å². The van der Waals surface area contributed by atoms with Crippen LogP contribution in [0.15, 0.2) is 5.16 Å². The minimum atomic E-state index is -0.125. The van der Waals surface area contributed by atoms with E-state index in [1.807, 2.05) is 13.8 Å². The lowest BCUT2D eigenvalue weighted by molar-refractivity contribution is -0.146. The van der Waals surface area contributed by atoms with Gasteiger partial charge in [-0.25, -0.2) is 0 Å². The number of rotatable bonds is 7. The highest BCUT2D eigenvalue weighted by Gasteiger charge is 2.36. The van der Waals surface area contributed by atoms with Crippen molar-refractivity contribution in [1.82, 2.24) is 14.8 Å². The molecule has 0 bridgehead atoms. The maximum Gasteiger partial charge on any atom is 0.309 e. The zero-order chi connectivity index (χ0) is 14.1. The molecule has 1 heterocycles. The largest absolute Gasteiger partial charge is 0.466 e.